The maximum atomic E-state index is 12.8. The molecule has 1 fully saturated rings. The van der Waals surface area contributed by atoms with Crippen molar-refractivity contribution in [2.75, 3.05) is 11.9 Å². The van der Waals surface area contributed by atoms with E-state index in [1.807, 2.05) is 47.2 Å². The number of aliphatic hydroxyl groups is 1. The summed E-state index contributed by atoms with van der Waals surface area (Å²) < 4.78 is 1.87. The van der Waals surface area contributed by atoms with E-state index in [4.69, 9.17) is 0 Å². The van der Waals surface area contributed by atoms with Crippen molar-refractivity contribution in [3.8, 4) is 0 Å². The van der Waals surface area contributed by atoms with Gasteiger partial charge in [-0.3, -0.25) is 9.59 Å². The Morgan fingerprint density at radius 3 is 2.90 bits per heavy atom. The molecule has 2 unspecified atom stereocenters. The number of rotatable bonds is 5. The molecule has 1 aliphatic heterocycles. The van der Waals surface area contributed by atoms with E-state index in [2.05, 4.69) is 15.8 Å². The van der Waals surface area contributed by atoms with Crippen LogP contribution in [0.3, 0.4) is 0 Å². The van der Waals surface area contributed by atoms with Gasteiger partial charge in [0.15, 0.2) is 0 Å². The van der Waals surface area contributed by atoms with Gasteiger partial charge in [0.25, 0.3) is 5.91 Å². The summed E-state index contributed by atoms with van der Waals surface area (Å²) in [6.45, 7) is 0.362. The first kappa shape index (κ1) is 17.6. The average molecular weight is 388 g/mol. The van der Waals surface area contributed by atoms with E-state index in [0.717, 1.165) is 22.9 Å². The van der Waals surface area contributed by atoms with Gasteiger partial charge in [-0.15, -0.1) is 0 Å². The molecule has 2 aliphatic rings. The fourth-order valence-electron chi connectivity index (χ4n) is 4.11. The Kier molecular flexibility index (Phi) is 4.17. The Bertz CT molecular complexity index is 1150. The number of anilines is 1. The zero-order valence-electron chi connectivity index (χ0n) is 15.6. The molecular formula is C22H20N4O3. The van der Waals surface area contributed by atoms with Crippen LogP contribution in [0.1, 0.15) is 33.8 Å². The van der Waals surface area contributed by atoms with Crippen LogP contribution < -0.4 is 10.7 Å². The number of amides is 2. The van der Waals surface area contributed by atoms with Crippen molar-refractivity contribution < 1.29 is 14.7 Å². The van der Waals surface area contributed by atoms with E-state index in [-0.39, 0.29) is 30.3 Å². The zero-order valence-corrected chi connectivity index (χ0v) is 15.6. The summed E-state index contributed by atoms with van der Waals surface area (Å²) in [4.78, 5) is 25.3. The summed E-state index contributed by atoms with van der Waals surface area (Å²) in [5.41, 5.74) is 6.26. The highest BCUT2D eigenvalue weighted by Crippen LogP contribution is 2.48. The Labute approximate surface area is 167 Å². The van der Waals surface area contributed by atoms with E-state index >= 15 is 0 Å². The van der Waals surface area contributed by atoms with Gasteiger partial charge in [-0.25, -0.2) is 5.43 Å². The predicted molar refractivity (Wildman–Crippen MR) is 110 cm³/mol. The Morgan fingerprint density at radius 2 is 2.10 bits per heavy atom. The molecule has 0 bridgehead atoms. The quantitative estimate of drug-likeness (QED) is 0.626. The molecule has 3 N–H and O–H groups in total. The number of hydrogen-bond donors (Lipinski definition) is 3. The molecule has 0 saturated heterocycles. The molecule has 5 rings (SSSR count). The van der Waals surface area contributed by atoms with Crippen molar-refractivity contribution in [2.24, 2.45) is 11.0 Å². The summed E-state index contributed by atoms with van der Waals surface area (Å²) >= 11 is 0. The lowest BCUT2D eigenvalue weighted by molar-refractivity contribution is -0.117. The van der Waals surface area contributed by atoms with Gasteiger partial charge in [0.2, 0.25) is 5.91 Å². The largest absolute Gasteiger partial charge is 0.395 e. The molecule has 7 nitrogen and oxygen atoms in total. The highest BCUT2D eigenvalue weighted by atomic mass is 16.3. The minimum Gasteiger partial charge on any atom is -0.395 e. The second kappa shape index (κ2) is 6.86. The Morgan fingerprint density at radius 1 is 1.28 bits per heavy atom. The lowest BCUT2D eigenvalue weighted by Crippen LogP contribution is -2.18. The van der Waals surface area contributed by atoms with E-state index in [0.29, 0.717) is 17.8 Å². The topological polar surface area (TPSA) is 95.7 Å². The van der Waals surface area contributed by atoms with Gasteiger partial charge >= 0.3 is 0 Å². The third-order valence-corrected chi connectivity index (χ3v) is 5.59. The van der Waals surface area contributed by atoms with Crippen LogP contribution in [0.5, 0.6) is 0 Å². The SMILES string of the molecule is O=C1NN=Cc2cn(CCO)c3cc(NC(=O)C4CC4c4ccccc4)cc1c23. The maximum Gasteiger partial charge on any atom is 0.272 e. The monoisotopic (exact) mass is 388 g/mol. The summed E-state index contributed by atoms with van der Waals surface area (Å²) in [5.74, 6) is -0.195. The van der Waals surface area contributed by atoms with E-state index in [1.54, 1.807) is 12.3 Å². The van der Waals surface area contributed by atoms with Crippen LogP contribution in [-0.2, 0) is 11.3 Å². The maximum absolute atomic E-state index is 12.8. The molecule has 2 atom stereocenters. The van der Waals surface area contributed by atoms with Gasteiger partial charge in [0, 0.05) is 35.3 Å². The molecule has 1 aliphatic carbocycles. The molecule has 1 saturated carbocycles. The van der Waals surface area contributed by atoms with Crippen LogP contribution in [0.25, 0.3) is 10.9 Å². The molecule has 2 heterocycles. The lowest BCUT2D eigenvalue weighted by atomic mass is 10.0. The molecule has 2 amide bonds. The standard InChI is InChI=1S/C22H20N4O3/c27-7-6-26-12-14-11-23-25-22(29)18-8-15(9-19(26)20(14)18)24-21(28)17-10-16(17)13-4-2-1-3-5-13/h1-5,8-9,11-12,16-17,27H,6-7,10H2,(H,24,28)(H,25,29). The van der Waals surface area contributed by atoms with Gasteiger partial charge in [-0.1, -0.05) is 30.3 Å². The van der Waals surface area contributed by atoms with Crippen molar-refractivity contribution in [1.29, 1.82) is 0 Å². The number of aromatic nitrogens is 1. The summed E-state index contributed by atoms with van der Waals surface area (Å²) in [5, 5.41) is 17.1. The Balaban J connectivity index is 1.47. The van der Waals surface area contributed by atoms with E-state index in [9.17, 15) is 14.7 Å². The average Bonchev–Trinajstić information content (AvgIpc) is 3.48. The second-order valence-electron chi connectivity index (χ2n) is 7.47. The van der Waals surface area contributed by atoms with Crippen molar-refractivity contribution in [3.63, 3.8) is 0 Å². The van der Waals surface area contributed by atoms with Crippen LogP contribution in [0.2, 0.25) is 0 Å². The first-order valence-corrected chi connectivity index (χ1v) is 9.62. The second-order valence-corrected chi connectivity index (χ2v) is 7.47. The number of benzene rings is 2. The van der Waals surface area contributed by atoms with E-state index < -0.39 is 0 Å². The van der Waals surface area contributed by atoms with Crippen molar-refractivity contribution in [2.45, 2.75) is 18.9 Å². The number of aliphatic hydroxyl groups excluding tert-OH is 1. The fourth-order valence-corrected chi connectivity index (χ4v) is 4.11. The molecule has 146 valence electrons. The highest BCUT2D eigenvalue weighted by Gasteiger charge is 2.43. The van der Waals surface area contributed by atoms with Gasteiger partial charge < -0.3 is 15.0 Å². The molecule has 1 aromatic heterocycles. The minimum absolute atomic E-state index is 0.0285. The number of carbonyl (C=O) groups excluding carboxylic acids is 2. The number of hydrogen-bond acceptors (Lipinski definition) is 4. The molecule has 3 aromatic rings. The molecule has 0 radical (unpaired) electrons. The van der Waals surface area contributed by atoms with Crippen LogP contribution in [0, 0.1) is 5.92 Å². The van der Waals surface area contributed by atoms with Crippen molar-refractivity contribution >= 4 is 34.6 Å². The van der Waals surface area contributed by atoms with Gasteiger partial charge in [0.05, 0.1) is 23.9 Å². The normalized spacial score (nSPS) is 19.7. The summed E-state index contributed by atoms with van der Waals surface area (Å²) in [6, 6.07) is 13.6. The fraction of sp³-hybridized carbons (Fsp3) is 0.227. The first-order valence-electron chi connectivity index (χ1n) is 9.62. The number of nitrogens with zero attached hydrogens (tertiary/aromatic N) is 2. The van der Waals surface area contributed by atoms with Crippen LogP contribution in [0.4, 0.5) is 5.69 Å². The summed E-state index contributed by atoms with van der Waals surface area (Å²) in [6.07, 6.45) is 4.27. The first-order chi connectivity index (χ1) is 14.2. The molecular weight excluding hydrogens is 368 g/mol. The third kappa shape index (κ3) is 3.09. The van der Waals surface area contributed by atoms with Gasteiger partial charge in [-0.2, -0.15) is 5.10 Å². The number of hydrazone groups is 1. The molecule has 0 spiro atoms. The molecule has 2 aromatic carbocycles. The van der Waals surface area contributed by atoms with Crippen LogP contribution in [-0.4, -0.2) is 34.3 Å². The summed E-state index contributed by atoms with van der Waals surface area (Å²) in [7, 11) is 0. The number of nitrogens with one attached hydrogen (secondary N) is 2. The lowest BCUT2D eigenvalue weighted by Gasteiger charge is -2.10. The van der Waals surface area contributed by atoms with Crippen molar-refractivity contribution in [3.05, 3.63) is 65.4 Å². The van der Waals surface area contributed by atoms with Crippen molar-refractivity contribution in [1.82, 2.24) is 9.99 Å². The third-order valence-electron chi connectivity index (χ3n) is 5.59. The van der Waals surface area contributed by atoms with Crippen LogP contribution >= 0.6 is 0 Å². The minimum atomic E-state index is -0.323. The van der Waals surface area contributed by atoms with Gasteiger partial charge in [0.1, 0.15) is 0 Å². The zero-order chi connectivity index (χ0) is 20.0. The van der Waals surface area contributed by atoms with Gasteiger partial charge in [-0.05, 0) is 30.0 Å². The molecule has 29 heavy (non-hydrogen) atoms. The Hall–Kier alpha value is -3.45. The molecule has 7 heteroatoms. The highest BCUT2D eigenvalue weighted by molar-refractivity contribution is 6.15. The van der Waals surface area contributed by atoms with E-state index in [1.165, 1.54) is 5.56 Å². The smallest absolute Gasteiger partial charge is 0.272 e. The number of carbonyl (C=O) groups is 2. The van der Waals surface area contributed by atoms with Crippen LogP contribution in [0.15, 0.2) is 53.8 Å². The predicted octanol–water partition coefficient (Wildman–Crippen LogP) is 2.45.